The average molecular weight is 356 g/mol. The first kappa shape index (κ1) is 13.0. The summed E-state index contributed by atoms with van der Waals surface area (Å²) in [5.41, 5.74) is 0.915. The predicted octanol–water partition coefficient (Wildman–Crippen LogP) is 4.33. The minimum atomic E-state index is -2.89. The summed E-state index contributed by atoms with van der Waals surface area (Å²) in [7, 11) is 6.60. The molecule has 0 aliphatic heterocycles. The molecule has 1 heterocycles. The molecule has 2 aromatic rings. The van der Waals surface area contributed by atoms with Gasteiger partial charge in [0.25, 0.3) is 0 Å². The number of aromatic nitrogens is 1. The monoisotopic (exact) mass is 357 g/mol. The molecule has 0 saturated carbocycles. The van der Waals surface area contributed by atoms with Crippen molar-refractivity contribution in [1.82, 2.24) is 4.98 Å². The zero-order chi connectivity index (χ0) is 12.3. The Hall–Kier alpha value is -0.481. The first-order valence-corrected chi connectivity index (χ1v) is 14.7. The van der Waals surface area contributed by atoms with Crippen molar-refractivity contribution in [2.24, 2.45) is 0 Å². The second kappa shape index (κ2) is 5.44. The molecule has 0 aliphatic carbocycles. The molecule has 0 amide bonds. The molecular formula is C13H16ClNOSn. The van der Waals surface area contributed by atoms with Crippen LogP contribution in [-0.2, 0) is 0 Å². The van der Waals surface area contributed by atoms with Gasteiger partial charge in [-0.25, -0.2) is 0 Å². The van der Waals surface area contributed by atoms with Crippen LogP contribution in [0, 0.1) is 0 Å². The number of para-hydroxylation sites is 1. The summed E-state index contributed by atoms with van der Waals surface area (Å²) < 4.78 is 8.06. The summed E-state index contributed by atoms with van der Waals surface area (Å²) in [6.45, 7) is 4.23. The number of halogens is 1. The molecule has 0 bridgehead atoms. The van der Waals surface area contributed by atoms with Crippen molar-refractivity contribution in [3.05, 3.63) is 36.5 Å². The van der Waals surface area contributed by atoms with E-state index in [0.717, 1.165) is 25.5 Å². The second-order valence-corrected chi connectivity index (χ2v) is 18.3. The third-order valence-corrected chi connectivity index (χ3v) is 14.7. The van der Waals surface area contributed by atoms with E-state index in [-0.39, 0.29) is 0 Å². The molecule has 1 aromatic carbocycles. The maximum atomic E-state index is 6.60. The maximum absolute atomic E-state index is 6.60. The van der Waals surface area contributed by atoms with Crippen LogP contribution in [0.25, 0.3) is 10.9 Å². The molecule has 0 aliphatic rings. The molecule has 0 radical (unpaired) electrons. The van der Waals surface area contributed by atoms with Crippen LogP contribution in [0.5, 0.6) is 5.75 Å². The minimum absolute atomic E-state index is 0.845. The Kier molecular flexibility index (Phi) is 4.15. The van der Waals surface area contributed by atoms with Gasteiger partial charge in [-0.3, -0.25) is 0 Å². The van der Waals surface area contributed by atoms with Gasteiger partial charge in [-0.05, 0) is 0 Å². The molecule has 2 nitrogen and oxygen atoms in total. The molecule has 4 heteroatoms. The van der Waals surface area contributed by atoms with Crippen LogP contribution in [0.2, 0.25) is 8.87 Å². The molecule has 1 aromatic heterocycles. The number of fused-ring (bicyclic) bond motifs is 1. The Morgan fingerprint density at radius 1 is 1.18 bits per heavy atom. The van der Waals surface area contributed by atoms with Crippen molar-refractivity contribution in [3.63, 3.8) is 0 Å². The van der Waals surface area contributed by atoms with Gasteiger partial charge in [-0.15, -0.1) is 0 Å². The molecule has 0 N–H and O–H groups in total. The normalized spacial score (nSPS) is 11.7. The number of hydrogen-bond donors (Lipinski definition) is 0. The van der Waals surface area contributed by atoms with Gasteiger partial charge in [0.2, 0.25) is 0 Å². The van der Waals surface area contributed by atoms with Crippen molar-refractivity contribution in [1.29, 1.82) is 0 Å². The molecule has 90 valence electrons. The van der Waals surface area contributed by atoms with Crippen LogP contribution < -0.4 is 3.07 Å². The van der Waals surface area contributed by atoms with E-state index in [0.29, 0.717) is 0 Å². The van der Waals surface area contributed by atoms with Crippen LogP contribution in [0.15, 0.2) is 36.5 Å². The van der Waals surface area contributed by atoms with E-state index < -0.39 is 17.7 Å². The number of rotatable bonds is 4. The van der Waals surface area contributed by atoms with Crippen LogP contribution >= 0.6 is 8.92 Å². The molecule has 2 rings (SSSR count). The summed E-state index contributed by atoms with van der Waals surface area (Å²) in [6.07, 6.45) is 1.79. The average Bonchev–Trinajstić information content (AvgIpc) is 2.39. The van der Waals surface area contributed by atoms with Gasteiger partial charge in [0.05, 0.1) is 0 Å². The van der Waals surface area contributed by atoms with Crippen LogP contribution in [-0.4, -0.2) is 22.6 Å². The number of hydrogen-bond acceptors (Lipinski definition) is 2. The van der Waals surface area contributed by atoms with E-state index in [4.69, 9.17) is 12.0 Å². The van der Waals surface area contributed by atoms with Crippen molar-refractivity contribution in [2.75, 3.05) is 0 Å². The SMILES string of the molecule is C[CH2][Sn]([Cl])([CH2]C)[O]c1cccc2cccnc12. The number of benzene rings is 1. The molecule has 0 atom stereocenters. The topological polar surface area (TPSA) is 22.1 Å². The molecule has 0 unspecified atom stereocenters. The summed E-state index contributed by atoms with van der Waals surface area (Å²) in [5.74, 6) is 0.845. The van der Waals surface area contributed by atoms with Gasteiger partial charge in [-0.1, -0.05) is 0 Å². The Balaban J connectivity index is 2.42. The van der Waals surface area contributed by atoms with E-state index in [2.05, 4.69) is 18.8 Å². The summed E-state index contributed by atoms with van der Waals surface area (Å²) in [5, 5.41) is 1.10. The summed E-state index contributed by atoms with van der Waals surface area (Å²) in [6, 6.07) is 9.97. The molecule has 0 fully saturated rings. The molecule has 17 heavy (non-hydrogen) atoms. The van der Waals surface area contributed by atoms with Gasteiger partial charge < -0.3 is 0 Å². The van der Waals surface area contributed by atoms with E-state index >= 15 is 0 Å². The van der Waals surface area contributed by atoms with Crippen molar-refractivity contribution >= 4 is 37.5 Å². The first-order valence-electron chi connectivity index (χ1n) is 5.90. The molecule has 0 saturated heterocycles. The third-order valence-electron chi connectivity index (χ3n) is 2.94. The second-order valence-electron chi connectivity index (χ2n) is 4.02. The van der Waals surface area contributed by atoms with Crippen LogP contribution in [0.1, 0.15) is 13.8 Å². The Labute approximate surface area is 110 Å². The van der Waals surface area contributed by atoms with Crippen molar-refractivity contribution < 1.29 is 3.07 Å². The molecule has 0 spiro atoms. The Morgan fingerprint density at radius 3 is 2.59 bits per heavy atom. The Bertz CT molecular complexity index is 508. The van der Waals surface area contributed by atoms with Gasteiger partial charge in [0.15, 0.2) is 0 Å². The van der Waals surface area contributed by atoms with Gasteiger partial charge in [0.1, 0.15) is 0 Å². The zero-order valence-corrected chi connectivity index (χ0v) is 13.7. The standard InChI is InChI=1S/C9H7NO.2C2H5.ClH.Sn/c11-8-5-1-3-7-4-2-6-10-9(7)8;2*1-2;;/h1-6,11H;2*1H2,2H3;1H;/q;;;;+2/p-2. The molecular weight excluding hydrogens is 340 g/mol. The summed E-state index contributed by atoms with van der Waals surface area (Å²) in [4.78, 5) is 4.38. The quantitative estimate of drug-likeness (QED) is 0.761. The zero-order valence-electron chi connectivity index (χ0n) is 10.1. The van der Waals surface area contributed by atoms with Gasteiger partial charge in [0, 0.05) is 0 Å². The van der Waals surface area contributed by atoms with Gasteiger partial charge >= 0.3 is 111 Å². The van der Waals surface area contributed by atoms with Gasteiger partial charge in [-0.2, -0.15) is 0 Å². The fraction of sp³-hybridized carbons (Fsp3) is 0.308. The summed E-state index contributed by atoms with van der Waals surface area (Å²) >= 11 is -2.89. The predicted molar refractivity (Wildman–Crippen MR) is 74.9 cm³/mol. The van der Waals surface area contributed by atoms with E-state index in [9.17, 15) is 0 Å². The van der Waals surface area contributed by atoms with Crippen LogP contribution in [0.4, 0.5) is 0 Å². The fourth-order valence-electron chi connectivity index (χ4n) is 1.75. The first-order chi connectivity index (χ1) is 8.18. The van der Waals surface area contributed by atoms with E-state index in [1.54, 1.807) is 6.20 Å². The van der Waals surface area contributed by atoms with Crippen molar-refractivity contribution in [3.8, 4) is 5.75 Å². The van der Waals surface area contributed by atoms with E-state index in [1.165, 1.54) is 0 Å². The number of nitrogens with zero attached hydrogens (tertiary/aromatic N) is 1. The Morgan fingerprint density at radius 2 is 1.88 bits per heavy atom. The van der Waals surface area contributed by atoms with Crippen LogP contribution in [0.3, 0.4) is 0 Å². The third kappa shape index (κ3) is 2.85. The fourth-order valence-corrected chi connectivity index (χ4v) is 6.15. The number of pyridine rings is 1. The van der Waals surface area contributed by atoms with Crippen molar-refractivity contribution in [2.45, 2.75) is 22.7 Å². The van der Waals surface area contributed by atoms with E-state index in [1.807, 2.05) is 30.3 Å².